The van der Waals surface area contributed by atoms with E-state index >= 15 is 0 Å². The lowest BCUT2D eigenvalue weighted by molar-refractivity contribution is -0.384. The summed E-state index contributed by atoms with van der Waals surface area (Å²) in [6.07, 6.45) is 0. The van der Waals surface area contributed by atoms with Gasteiger partial charge in [0.25, 0.3) is 5.69 Å². The third kappa shape index (κ3) is 5.75. The Morgan fingerprint density at radius 3 is 2.25 bits per heavy atom. The highest BCUT2D eigenvalue weighted by atomic mass is 32.2. The summed E-state index contributed by atoms with van der Waals surface area (Å²) in [6, 6.07) is 11.0. The van der Waals surface area contributed by atoms with E-state index < -0.39 is 26.8 Å². The summed E-state index contributed by atoms with van der Waals surface area (Å²) in [4.78, 5) is 33.9. The van der Waals surface area contributed by atoms with Crippen LogP contribution in [0.25, 0.3) is 0 Å². The Labute approximate surface area is 160 Å². The van der Waals surface area contributed by atoms with Crippen LogP contribution >= 0.6 is 0 Å². The van der Waals surface area contributed by atoms with Crippen molar-refractivity contribution >= 4 is 38.9 Å². The Bertz CT molecular complexity index is 991. The average Bonchev–Trinajstić information content (AvgIpc) is 2.65. The molecule has 0 saturated heterocycles. The topological polar surface area (TPSA) is 174 Å². The number of primary sulfonamides is 1. The minimum absolute atomic E-state index is 0.0443. The first-order valence-corrected chi connectivity index (χ1v) is 9.42. The molecule has 0 unspecified atom stereocenters. The van der Waals surface area contributed by atoms with Crippen molar-refractivity contribution in [2.75, 3.05) is 23.7 Å². The summed E-state index contributed by atoms with van der Waals surface area (Å²) in [5.74, 6) is -1.87. The summed E-state index contributed by atoms with van der Waals surface area (Å²) in [5, 5.41) is 23.3. The zero-order valence-electron chi connectivity index (χ0n) is 14.4. The quantitative estimate of drug-likeness (QED) is 0.222. The highest BCUT2D eigenvalue weighted by Gasteiger charge is 2.15. The zero-order chi connectivity index (χ0) is 20.7. The standard InChI is InChI=1S/C16H17N5O6S/c17-28(26,27)12-7-5-11(6-8-12)20-16(23)15(22)19-10-9-18-13-3-1-2-4-14(13)21(24)25/h1-8,18H,9-10H2,(H,19,22)(H,20,23)(H2,17,26,27). The normalized spacial score (nSPS) is 10.8. The molecule has 11 nitrogen and oxygen atoms in total. The van der Waals surface area contributed by atoms with Crippen molar-refractivity contribution in [3.8, 4) is 0 Å². The van der Waals surface area contributed by atoms with E-state index in [9.17, 15) is 28.1 Å². The largest absolute Gasteiger partial charge is 0.378 e. The molecule has 2 amide bonds. The van der Waals surface area contributed by atoms with Crippen LogP contribution < -0.4 is 21.1 Å². The van der Waals surface area contributed by atoms with Gasteiger partial charge in [-0.3, -0.25) is 19.7 Å². The second-order valence-electron chi connectivity index (χ2n) is 5.48. The number of sulfonamides is 1. The lowest BCUT2D eigenvalue weighted by Crippen LogP contribution is -2.37. The van der Waals surface area contributed by atoms with Crippen molar-refractivity contribution in [1.29, 1.82) is 0 Å². The third-order valence-electron chi connectivity index (χ3n) is 3.47. The van der Waals surface area contributed by atoms with Crippen molar-refractivity contribution in [2.45, 2.75) is 4.90 Å². The first-order valence-electron chi connectivity index (χ1n) is 7.88. The molecule has 12 heteroatoms. The fourth-order valence-corrected chi connectivity index (χ4v) is 2.67. The SMILES string of the molecule is NS(=O)(=O)c1ccc(NC(=O)C(=O)NCCNc2ccccc2[N+](=O)[O-])cc1. The molecule has 0 aliphatic carbocycles. The fraction of sp³-hybridized carbons (Fsp3) is 0.125. The number of nitrogens with two attached hydrogens (primary N) is 1. The van der Waals surface area contributed by atoms with Gasteiger partial charge in [-0.2, -0.15) is 0 Å². The van der Waals surface area contributed by atoms with Crippen molar-refractivity contribution in [2.24, 2.45) is 5.14 Å². The Hall–Kier alpha value is -3.51. The molecule has 0 aliphatic heterocycles. The minimum atomic E-state index is -3.85. The third-order valence-corrected chi connectivity index (χ3v) is 4.40. The van der Waals surface area contributed by atoms with E-state index in [1.807, 2.05) is 0 Å². The van der Waals surface area contributed by atoms with Gasteiger partial charge in [-0.1, -0.05) is 12.1 Å². The molecule has 5 N–H and O–H groups in total. The van der Waals surface area contributed by atoms with Gasteiger partial charge in [0, 0.05) is 24.8 Å². The van der Waals surface area contributed by atoms with Crippen LogP contribution in [-0.4, -0.2) is 38.2 Å². The van der Waals surface area contributed by atoms with Crippen LogP contribution in [0.1, 0.15) is 0 Å². The van der Waals surface area contributed by atoms with E-state index in [-0.39, 0.29) is 29.4 Å². The Balaban J connectivity index is 1.82. The van der Waals surface area contributed by atoms with Crippen molar-refractivity contribution < 1.29 is 22.9 Å². The number of carbonyl (C=O) groups excluding carboxylic acids is 2. The predicted octanol–water partition coefficient (Wildman–Crippen LogP) is 0.409. The average molecular weight is 407 g/mol. The number of nitro groups is 1. The Morgan fingerprint density at radius 2 is 1.64 bits per heavy atom. The zero-order valence-corrected chi connectivity index (χ0v) is 15.2. The van der Waals surface area contributed by atoms with Crippen LogP contribution in [0.15, 0.2) is 53.4 Å². The molecule has 0 heterocycles. The number of para-hydroxylation sites is 2. The van der Waals surface area contributed by atoms with Crippen LogP contribution in [0.2, 0.25) is 0 Å². The van der Waals surface area contributed by atoms with E-state index in [4.69, 9.17) is 5.14 Å². The molecule has 0 saturated carbocycles. The summed E-state index contributed by atoms with van der Waals surface area (Å²) in [5.41, 5.74) is 0.404. The maximum absolute atomic E-state index is 11.8. The van der Waals surface area contributed by atoms with Crippen molar-refractivity contribution in [1.82, 2.24) is 5.32 Å². The predicted molar refractivity (Wildman–Crippen MR) is 101 cm³/mol. The lowest BCUT2D eigenvalue weighted by Gasteiger charge is -2.09. The van der Waals surface area contributed by atoms with Gasteiger partial charge < -0.3 is 16.0 Å². The number of anilines is 2. The number of amides is 2. The van der Waals surface area contributed by atoms with E-state index in [0.29, 0.717) is 5.69 Å². The number of carbonyl (C=O) groups is 2. The Morgan fingerprint density at radius 1 is 1.00 bits per heavy atom. The van der Waals surface area contributed by atoms with Crippen LogP contribution in [0, 0.1) is 10.1 Å². The molecule has 2 rings (SSSR count). The molecule has 0 aromatic heterocycles. The molecule has 0 atom stereocenters. The van der Waals surface area contributed by atoms with E-state index in [1.54, 1.807) is 6.07 Å². The van der Waals surface area contributed by atoms with Gasteiger partial charge in [0.1, 0.15) is 5.69 Å². The summed E-state index contributed by atoms with van der Waals surface area (Å²) in [6.45, 7) is 0.204. The fourth-order valence-electron chi connectivity index (χ4n) is 2.15. The Kier molecular flexibility index (Phi) is 6.63. The highest BCUT2D eigenvalue weighted by molar-refractivity contribution is 7.89. The molecule has 148 valence electrons. The number of benzene rings is 2. The number of nitrogens with one attached hydrogen (secondary N) is 3. The summed E-state index contributed by atoms with van der Waals surface area (Å²) >= 11 is 0. The summed E-state index contributed by atoms with van der Waals surface area (Å²) in [7, 11) is -3.85. The monoisotopic (exact) mass is 407 g/mol. The van der Waals surface area contributed by atoms with Gasteiger partial charge in [-0.05, 0) is 30.3 Å². The molecular weight excluding hydrogens is 390 g/mol. The molecular formula is C16H17N5O6S. The first kappa shape index (κ1) is 20.8. The van der Waals surface area contributed by atoms with Crippen LogP contribution in [0.3, 0.4) is 0 Å². The van der Waals surface area contributed by atoms with Gasteiger partial charge in [0.2, 0.25) is 10.0 Å². The van der Waals surface area contributed by atoms with Crippen molar-refractivity contribution in [3.63, 3.8) is 0 Å². The van der Waals surface area contributed by atoms with Crippen molar-refractivity contribution in [3.05, 3.63) is 58.6 Å². The molecule has 0 fully saturated rings. The van der Waals surface area contributed by atoms with Gasteiger partial charge in [0.15, 0.2) is 0 Å². The maximum Gasteiger partial charge on any atom is 0.313 e. The summed E-state index contributed by atoms with van der Waals surface area (Å²) < 4.78 is 22.3. The second kappa shape index (κ2) is 8.92. The van der Waals surface area contributed by atoms with Gasteiger partial charge >= 0.3 is 11.8 Å². The number of hydrogen-bond donors (Lipinski definition) is 4. The molecule has 0 radical (unpaired) electrons. The lowest BCUT2D eigenvalue weighted by atomic mass is 10.2. The number of nitro benzene ring substituents is 1. The smallest absolute Gasteiger partial charge is 0.313 e. The number of rotatable bonds is 7. The van der Waals surface area contributed by atoms with Crippen LogP contribution in [0.5, 0.6) is 0 Å². The number of nitrogens with zero attached hydrogens (tertiary/aromatic N) is 1. The van der Waals surface area contributed by atoms with Gasteiger partial charge in [-0.25, -0.2) is 13.6 Å². The van der Waals surface area contributed by atoms with E-state index in [1.165, 1.54) is 42.5 Å². The van der Waals surface area contributed by atoms with Crippen LogP contribution in [-0.2, 0) is 19.6 Å². The van der Waals surface area contributed by atoms with Gasteiger partial charge in [0.05, 0.1) is 9.82 Å². The highest BCUT2D eigenvalue weighted by Crippen LogP contribution is 2.22. The minimum Gasteiger partial charge on any atom is -0.378 e. The van der Waals surface area contributed by atoms with E-state index in [0.717, 1.165) is 0 Å². The van der Waals surface area contributed by atoms with E-state index in [2.05, 4.69) is 16.0 Å². The molecule has 0 spiro atoms. The first-order chi connectivity index (χ1) is 13.2. The maximum atomic E-state index is 11.8. The van der Waals surface area contributed by atoms with Crippen LogP contribution in [0.4, 0.5) is 17.1 Å². The molecule has 0 bridgehead atoms. The second-order valence-corrected chi connectivity index (χ2v) is 7.04. The molecule has 0 aliphatic rings. The van der Waals surface area contributed by atoms with Gasteiger partial charge in [-0.15, -0.1) is 0 Å². The molecule has 2 aromatic carbocycles. The molecule has 2 aromatic rings. The number of hydrogen-bond acceptors (Lipinski definition) is 7. The molecule has 28 heavy (non-hydrogen) atoms.